The van der Waals surface area contributed by atoms with Gasteiger partial charge in [-0.1, -0.05) is 13.8 Å². The standard InChI is InChI=1S/C16H24N2O5/c1-10(2)15-12(22-3)8-11(9-13(15)23-4)18-16(21)17-7-5-6-14(19)20/h8-10H,5-7H2,1-4H3,(H,19,20)(H2,17,18,21). The number of methoxy groups -OCH3 is 2. The number of benzene rings is 1. The van der Waals surface area contributed by atoms with Crippen molar-refractivity contribution >= 4 is 17.7 Å². The second kappa shape index (κ2) is 8.87. The molecular weight excluding hydrogens is 300 g/mol. The number of nitrogens with one attached hydrogen (secondary N) is 2. The van der Waals surface area contributed by atoms with Crippen molar-refractivity contribution in [1.29, 1.82) is 0 Å². The molecule has 0 fully saturated rings. The molecule has 3 N–H and O–H groups in total. The van der Waals surface area contributed by atoms with Crippen LogP contribution >= 0.6 is 0 Å². The van der Waals surface area contributed by atoms with E-state index in [2.05, 4.69) is 10.6 Å². The molecule has 0 saturated heterocycles. The van der Waals surface area contributed by atoms with Gasteiger partial charge in [0.05, 0.1) is 14.2 Å². The highest BCUT2D eigenvalue weighted by Crippen LogP contribution is 2.37. The van der Waals surface area contributed by atoms with E-state index >= 15 is 0 Å². The van der Waals surface area contributed by atoms with Gasteiger partial charge in [-0.15, -0.1) is 0 Å². The van der Waals surface area contributed by atoms with E-state index < -0.39 is 12.0 Å². The number of hydrogen-bond donors (Lipinski definition) is 3. The van der Waals surface area contributed by atoms with Gasteiger partial charge in [0.1, 0.15) is 11.5 Å². The Hall–Kier alpha value is -2.44. The second-order valence-corrected chi connectivity index (χ2v) is 5.33. The van der Waals surface area contributed by atoms with Gasteiger partial charge in [0.2, 0.25) is 0 Å². The first kappa shape index (κ1) is 18.6. The smallest absolute Gasteiger partial charge is 0.319 e. The maximum atomic E-state index is 11.8. The van der Waals surface area contributed by atoms with Crippen molar-refractivity contribution in [1.82, 2.24) is 5.32 Å². The van der Waals surface area contributed by atoms with Gasteiger partial charge in [-0.05, 0) is 12.3 Å². The lowest BCUT2D eigenvalue weighted by molar-refractivity contribution is -0.137. The number of hydrogen-bond acceptors (Lipinski definition) is 4. The molecule has 0 aliphatic rings. The summed E-state index contributed by atoms with van der Waals surface area (Å²) in [6.45, 7) is 4.35. The van der Waals surface area contributed by atoms with Gasteiger partial charge in [-0.3, -0.25) is 4.79 Å². The molecule has 0 heterocycles. The van der Waals surface area contributed by atoms with Crippen LogP contribution in [0.1, 0.15) is 38.2 Å². The Morgan fingerprint density at radius 2 is 1.74 bits per heavy atom. The third-order valence-corrected chi connectivity index (χ3v) is 3.23. The topological polar surface area (TPSA) is 96.9 Å². The van der Waals surface area contributed by atoms with Gasteiger partial charge in [0.25, 0.3) is 0 Å². The predicted molar refractivity (Wildman–Crippen MR) is 87.5 cm³/mol. The zero-order valence-corrected chi connectivity index (χ0v) is 13.9. The number of ether oxygens (including phenoxy) is 2. The number of amides is 2. The Labute approximate surface area is 136 Å². The normalized spacial score (nSPS) is 10.3. The summed E-state index contributed by atoms with van der Waals surface area (Å²) < 4.78 is 10.8. The average molecular weight is 324 g/mol. The molecule has 2 amide bonds. The summed E-state index contributed by atoms with van der Waals surface area (Å²) in [7, 11) is 3.13. The maximum Gasteiger partial charge on any atom is 0.319 e. The van der Waals surface area contributed by atoms with Crippen LogP contribution in [0.3, 0.4) is 0 Å². The minimum atomic E-state index is -0.883. The SMILES string of the molecule is COc1cc(NC(=O)NCCCC(=O)O)cc(OC)c1C(C)C. The number of carboxylic acids is 1. The molecule has 0 aliphatic carbocycles. The van der Waals surface area contributed by atoms with E-state index in [9.17, 15) is 9.59 Å². The molecular formula is C16H24N2O5. The molecule has 128 valence electrons. The number of carbonyl (C=O) groups is 2. The molecule has 0 bridgehead atoms. The van der Waals surface area contributed by atoms with E-state index in [1.807, 2.05) is 13.8 Å². The molecule has 0 saturated carbocycles. The summed E-state index contributed by atoms with van der Waals surface area (Å²) in [5.41, 5.74) is 1.47. The van der Waals surface area contributed by atoms with Crippen molar-refractivity contribution in [3.8, 4) is 11.5 Å². The molecule has 23 heavy (non-hydrogen) atoms. The molecule has 1 rings (SSSR count). The van der Waals surface area contributed by atoms with E-state index in [4.69, 9.17) is 14.6 Å². The lowest BCUT2D eigenvalue weighted by Gasteiger charge is -2.18. The van der Waals surface area contributed by atoms with Gasteiger partial charge >= 0.3 is 12.0 Å². The lowest BCUT2D eigenvalue weighted by atomic mass is 10.00. The van der Waals surface area contributed by atoms with Gasteiger partial charge < -0.3 is 25.2 Å². The third kappa shape index (κ3) is 5.69. The minimum Gasteiger partial charge on any atom is -0.496 e. The number of carboxylic acid groups (broad SMARTS) is 1. The van der Waals surface area contributed by atoms with E-state index in [-0.39, 0.29) is 18.9 Å². The maximum absolute atomic E-state index is 11.8. The zero-order chi connectivity index (χ0) is 17.4. The number of anilines is 1. The first-order chi connectivity index (χ1) is 10.9. The molecule has 0 atom stereocenters. The quantitative estimate of drug-likeness (QED) is 0.639. The van der Waals surface area contributed by atoms with Crippen molar-refractivity contribution in [2.45, 2.75) is 32.6 Å². The van der Waals surface area contributed by atoms with Crippen molar-refractivity contribution < 1.29 is 24.2 Å². The molecule has 7 heteroatoms. The molecule has 0 aliphatic heterocycles. The van der Waals surface area contributed by atoms with Crippen LogP contribution in [0.25, 0.3) is 0 Å². The summed E-state index contributed by atoms with van der Waals surface area (Å²) in [6, 6.07) is 3.06. The largest absolute Gasteiger partial charge is 0.496 e. The molecule has 0 radical (unpaired) electrons. The second-order valence-electron chi connectivity index (χ2n) is 5.33. The number of urea groups is 1. The fourth-order valence-electron chi connectivity index (χ4n) is 2.20. The molecule has 0 aromatic heterocycles. The summed E-state index contributed by atoms with van der Waals surface area (Å²) in [4.78, 5) is 22.2. The van der Waals surface area contributed by atoms with Crippen LogP contribution in [-0.4, -0.2) is 37.9 Å². The van der Waals surface area contributed by atoms with Crippen molar-refractivity contribution in [3.63, 3.8) is 0 Å². The summed E-state index contributed by atoms with van der Waals surface area (Å²) >= 11 is 0. The van der Waals surface area contributed by atoms with Crippen molar-refractivity contribution in [2.24, 2.45) is 0 Å². The Bertz CT molecular complexity index is 532. The highest BCUT2D eigenvalue weighted by atomic mass is 16.5. The Balaban J connectivity index is 2.77. The first-order valence-corrected chi connectivity index (χ1v) is 7.41. The molecule has 7 nitrogen and oxygen atoms in total. The third-order valence-electron chi connectivity index (χ3n) is 3.23. The van der Waals surface area contributed by atoms with E-state index in [0.717, 1.165) is 5.56 Å². The Kier molecular flexibility index (Phi) is 7.18. The molecule has 0 unspecified atom stereocenters. The average Bonchev–Trinajstić information content (AvgIpc) is 2.50. The van der Waals surface area contributed by atoms with E-state index in [1.165, 1.54) is 0 Å². The molecule has 0 spiro atoms. The van der Waals surface area contributed by atoms with Crippen LogP contribution < -0.4 is 20.1 Å². The van der Waals surface area contributed by atoms with Crippen LogP contribution in [0.15, 0.2) is 12.1 Å². The minimum absolute atomic E-state index is 0.0189. The Morgan fingerprint density at radius 3 is 2.17 bits per heavy atom. The highest BCUT2D eigenvalue weighted by molar-refractivity contribution is 5.90. The fourth-order valence-corrected chi connectivity index (χ4v) is 2.20. The summed E-state index contributed by atoms with van der Waals surface area (Å²) in [5.74, 6) is 0.603. The Morgan fingerprint density at radius 1 is 1.17 bits per heavy atom. The van der Waals surface area contributed by atoms with E-state index in [0.29, 0.717) is 23.6 Å². The predicted octanol–water partition coefficient (Wildman–Crippen LogP) is 2.81. The van der Waals surface area contributed by atoms with Crippen LogP contribution in [0.4, 0.5) is 10.5 Å². The van der Waals surface area contributed by atoms with E-state index in [1.54, 1.807) is 26.4 Å². The molecule has 1 aromatic rings. The van der Waals surface area contributed by atoms with Crippen LogP contribution in [0.5, 0.6) is 11.5 Å². The zero-order valence-electron chi connectivity index (χ0n) is 13.9. The highest BCUT2D eigenvalue weighted by Gasteiger charge is 2.16. The summed E-state index contributed by atoms with van der Waals surface area (Å²) in [6.07, 6.45) is 0.396. The monoisotopic (exact) mass is 324 g/mol. The van der Waals surface area contributed by atoms with Gasteiger partial charge in [0, 0.05) is 36.3 Å². The van der Waals surface area contributed by atoms with Gasteiger partial charge in [-0.25, -0.2) is 4.79 Å². The number of rotatable bonds is 8. The molecule has 1 aromatic carbocycles. The van der Waals surface area contributed by atoms with Crippen LogP contribution in [-0.2, 0) is 4.79 Å². The summed E-state index contributed by atoms with van der Waals surface area (Å²) in [5, 5.41) is 13.8. The number of carbonyl (C=O) groups excluding carboxylic acids is 1. The van der Waals surface area contributed by atoms with Gasteiger partial charge in [-0.2, -0.15) is 0 Å². The number of aliphatic carboxylic acids is 1. The van der Waals surface area contributed by atoms with Crippen LogP contribution in [0.2, 0.25) is 0 Å². The first-order valence-electron chi connectivity index (χ1n) is 7.41. The fraction of sp³-hybridized carbons (Fsp3) is 0.500. The van der Waals surface area contributed by atoms with Gasteiger partial charge in [0.15, 0.2) is 0 Å². The van der Waals surface area contributed by atoms with Crippen LogP contribution in [0, 0.1) is 0 Å². The van der Waals surface area contributed by atoms with Crippen molar-refractivity contribution in [2.75, 3.05) is 26.1 Å². The van der Waals surface area contributed by atoms with Crippen molar-refractivity contribution in [3.05, 3.63) is 17.7 Å². The lowest BCUT2D eigenvalue weighted by Crippen LogP contribution is -2.29.